The van der Waals surface area contributed by atoms with Crippen LogP contribution in [0.15, 0.2) is 24.3 Å². The molecule has 1 heteroatoms. The zero-order valence-electron chi connectivity index (χ0n) is 11.3. The Morgan fingerprint density at radius 1 is 1.06 bits per heavy atom. The lowest BCUT2D eigenvalue weighted by Crippen LogP contribution is -2.03. The third-order valence-electron chi connectivity index (χ3n) is 3.15. The third kappa shape index (κ3) is 3.06. The Morgan fingerprint density at radius 2 is 1.59 bits per heavy atom. The highest BCUT2D eigenvalue weighted by molar-refractivity contribution is 6.04. The van der Waals surface area contributed by atoms with Crippen LogP contribution in [0.25, 0.3) is 0 Å². The summed E-state index contributed by atoms with van der Waals surface area (Å²) in [4.78, 5) is 11.9. The number of benzene rings is 1. The van der Waals surface area contributed by atoms with Crippen LogP contribution in [0.4, 0.5) is 0 Å². The Hall–Kier alpha value is -1.37. The van der Waals surface area contributed by atoms with E-state index in [1.807, 2.05) is 6.92 Å². The molecule has 1 aromatic carbocycles. The maximum Gasteiger partial charge on any atom is 0.185 e. The number of hydrogen-bond donors (Lipinski definition) is 0. The van der Waals surface area contributed by atoms with Crippen molar-refractivity contribution in [2.75, 3.05) is 0 Å². The molecule has 0 atom stereocenters. The van der Waals surface area contributed by atoms with Crippen molar-refractivity contribution in [1.29, 1.82) is 0 Å². The first-order chi connectivity index (χ1) is 8.17. The molecule has 1 aromatic rings. The van der Waals surface area contributed by atoms with E-state index in [-0.39, 0.29) is 5.78 Å². The predicted octanol–water partition coefficient (Wildman–Crippen LogP) is 4.13. The molecular formula is C16H22O. The van der Waals surface area contributed by atoms with E-state index >= 15 is 0 Å². The smallest absolute Gasteiger partial charge is 0.185 e. The van der Waals surface area contributed by atoms with Gasteiger partial charge in [-0.3, -0.25) is 4.79 Å². The Kier molecular flexibility index (Phi) is 5.14. The summed E-state index contributed by atoms with van der Waals surface area (Å²) in [6, 6.07) is 4.11. The van der Waals surface area contributed by atoms with E-state index in [0.717, 1.165) is 24.8 Å². The summed E-state index contributed by atoms with van der Waals surface area (Å²) in [6.45, 7) is 8.36. The predicted molar refractivity (Wildman–Crippen MR) is 73.7 cm³/mol. The van der Waals surface area contributed by atoms with E-state index in [0.29, 0.717) is 0 Å². The molecule has 0 aliphatic rings. The largest absolute Gasteiger partial charge is 0.289 e. The molecule has 0 radical (unpaired) electrons. The van der Waals surface area contributed by atoms with Crippen LogP contribution in [0.5, 0.6) is 0 Å². The number of rotatable bonds is 5. The Balaban J connectivity index is 3.31. The summed E-state index contributed by atoms with van der Waals surface area (Å²) in [5.41, 5.74) is 4.89. The van der Waals surface area contributed by atoms with E-state index in [1.165, 1.54) is 16.7 Å². The highest BCUT2D eigenvalue weighted by Gasteiger charge is 2.10. The fourth-order valence-electron chi connectivity index (χ4n) is 2.27. The van der Waals surface area contributed by atoms with Crippen LogP contribution < -0.4 is 0 Å². The van der Waals surface area contributed by atoms with E-state index in [2.05, 4.69) is 32.9 Å². The van der Waals surface area contributed by atoms with Gasteiger partial charge in [0.05, 0.1) is 0 Å². The Labute approximate surface area is 105 Å². The molecule has 0 aliphatic heterocycles. The SMILES string of the molecule is C/C=C/C(=O)c1cc(CC)c(CC)c(CC)c1. The molecular weight excluding hydrogens is 208 g/mol. The number of carbonyl (C=O) groups is 1. The first-order valence-corrected chi connectivity index (χ1v) is 6.49. The van der Waals surface area contributed by atoms with Crippen LogP contribution in [0.3, 0.4) is 0 Å². The minimum Gasteiger partial charge on any atom is -0.289 e. The topological polar surface area (TPSA) is 17.1 Å². The molecule has 0 N–H and O–H groups in total. The standard InChI is InChI=1S/C16H22O/c1-5-9-16(17)14-10-12(6-2)15(8-4)13(7-3)11-14/h5,9-11H,6-8H2,1-4H3/b9-5+. The first kappa shape index (κ1) is 13.7. The van der Waals surface area contributed by atoms with Gasteiger partial charge in [-0.05, 0) is 61.1 Å². The molecule has 1 nitrogen and oxygen atoms in total. The molecule has 0 unspecified atom stereocenters. The van der Waals surface area contributed by atoms with Crippen LogP contribution in [0.1, 0.15) is 54.7 Å². The van der Waals surface area contributed by atoms with Crippen molar-refractivity contribution in [3.05, 3.63) is 46.5 Å². The second kappa shape index (κ2) is 6.39. The summed E-state index contributed by atoms with van der Waals surface area (Å²) in [6.07, 6.45) is 6.47. The lowest BCUT2D eigenvalue weighted by atomic mass is 9.92. The van der Waals surface area contributed by atoms with Gasteiger partial charge in [-0.2, -0.15) is 0 Å². The minimum absolute atomic E-state index is 0.111. The van der Waals surface area contributed by atoms with Crippen molar-refractivity contribution in [3.8, 4) is 0 Å². The molecule has 0 saturated heterocycles. The molecule has 0 fully saturated rings. The minimum atomic E-state index is 0.111. The van der Waals surface area contributed by atoms with Gasteiger partial charge in [0, 0.05) is 5.56 Å². The second-order valence-electron chi connectivity index (χ2n) is 4.20. The van der Waals surface area contributed by atoms with Gasteiger partial charge in [0.2, 0.25) is 0 Å². The van der Waals surface area contributed by atoms with Gasteiger partial charge in [0.25, 0.3) is 0 Å². The highest BCUT2D eigenvalue weighted by Crippen LogP contribution is 2.20. The third-order valence-corrected chi connectivity index (χ3v) is 3.15. The summed E-state index contributed by atoms with van der Waals surface area (Å²) in [7, 11) is 0. The van der Waals surface area contributed by atoms with Gasteiger partial charge in [0.1, 0.15) is 0 Å². The van der Waals surface area contributed by atoms with Crippen molar-refractivity contribution in [1.82, 2.24) is 0 Å². The number of aryl methyl sites for hydroxylation is 2. The molecule has 92 valence electrons. The van der Waals surface area contributed by atoms with E-state index in [1.54, 1.807) is 12.2 Å². The zero-order chi connectivity index (χ0) is 12.8. The average Bonchev–Trinajstić information content (AvgIpc) is 2.37. The van der Waals surface area contributed by atoms with Crippen molar-refractivity contribution in [2.45, 2.75) is 47.0 Å². The highest BCUT2D eigenvalue weighted by atomic mass is 16.1. The number of hydrogen-bond acceptors (Lipinski definition) is 1. The molecule has 0 bridgehead atoms. The van der Waals surface area contributed by atoms with Gasteiger partial charge in [0.15, 0.2) is 5.78 Å². The van der Waals surface area contributed by atoms with Gasteiger partial charge >= 0.3 is 0 Å². The molecule has 1 rings (SSSR count). The van der Waals surface area contributed by atoms with Crippen molar-refractivity contribution >= 4 is 5.78 Å². The van der Waals surface area contributed by atoms with E-state index in [9.17, 15) is 4.79 Å². The van der Waals surface area contributed by atoms with E-state index in [4.69, 9.17) is 0 Å². The summed E-state index contributed by atoms with van der Waals surface area (Å²) in [5.74, 6) is 0.111. The van der Waals surface area contributed by atoms with Crippen LogP contribution in [0, 0.1) is 0 Å². The number of carbonyl (C=O) groups excluding carboxylic acids is 1. The van der Waals surface area contributed by atoms with Crippen molar-refractivity contribution in [3.63, 3.8) is 0 Å². The summed E-state index contributed by atoms with van der Waals surface area (Å²) < 4.78 is 0. The quantitative estimate of drug-likeness (QED) is 0.549. The second-order valence-corrected chi connectivity index (χ2v) is 4.20. The van der Waals surface area contributed by atoms with Gasteiger partial charge in [-0.25, -0.2) is 0 Å². The average molecular weight is 230 g/mol. The monoisotopic (exact) mass is 230 g/mol. The molecule has 0 aliphatic carbocycles. The fraction of sp³-hybridized carbons (Fsp3) is 0.438. The van der Waals surface area contributed by atoms with Crippen LogP contribution in [-0.4, -0.2) is 5.78 Å². The number of ketones is 1. The Bertz CT molecular complexity index is 402. The van der Waals surface area contributed by atoms with Gasteiger partial charge in [-0.1, -0.05) is 26.8 Å². The fourth-order valence-corrected chi connectivity index (χ4v) is 2.27. The lowest BCUT2D eigenvalue weighted by Gasteiger charge is -2.13. The van der Waals surface area contributed by atoms with Crippen LogP contribution >= 0.6 is 0 Å². The lowest BCUT2D eigenvalue weighted by molar-refractivity contribution is 0.104. The Morgan fingerprint density at radius 3 is 1.94 bits per heavy atom. The van der Waals surface area contributed by atoms with Gasteiger partial charge < -0.3 is 0 Å². The molecule has 0 spiro atoms. The molecule has 0 saturated carbocycles. The van der Waals surface area contributed by atoms with Crippen molar-refractivity contribution in [2.24, 2.45) is 0 Å². The summed E-state index contributed by atoms with van der Waals surface area (Å²) >= 11 is 0. The van der Waals surface area contributed by atoms with Crippen LogP contribution in [-0.2, 0) is 19.3 Å². The first-order valence-electron chi connectivity index (χ1n) is 6.49. The summed E-state index contributed by atoms with van der Waals surface area (Å²) in [5, 5.41) is 0. The van der Waals surface area contributed by atoms with Gasteiger partial charge in [-0.15, -0.1) is 0 Å². The molecule has 0 heterocycles. The number of allylic oxidation sites excluding steroid dienone is 2. The molecule has 0 aromatic heterocycles. The van der Waals surface area contributed by atoms with Crippen molar-refractivity contribution < 1.29 is 4.79 Å². The normalized spacial score (nSPS) is 11.1. The van der Waals surface area contributed by atoms with Crippen LogP contribution in [0.2, 0.25) is 0 Å². The maximum absolute atomic E-state index is 11.9. The molecule has 17 heavy (non-hydrogen) atoms. The zero-order valence-corrected chi connectivity index (χ0v) is 11.3. The maximum atomic E-state index is 11.9. The molecule has 0 amide bonds. The van der Waals surface area contributed by atoms with E-state index < -0.39 is 0 Å².